The van der Waals surface area contributed by atoms with Crippen LogP contribution in [0.5, 0.6) is 0 Å². The fraction of sp³-hybridized carbons (Fsp3) is 0.278. The summed E-state index contributed by atoms with van der Waals surface area (Å²) in [6, 6.07) is 61.6. The van der Waals surface area contributed by atoms with Crippen LogP contribution in [0.1, 0.15) is 129 Å². The van der Waals surface area contributed by atoms with Gasteiger partial charge >= 0.3 is 0 Å². The van der Waals surface area contributed by atoms with Crippen LogP contribution in [0.25, 0.3) is 38.6 Å². The highest BCUT2D eigenvalue weighted by atomic mass is 15.2. The molecule has 76 heavy (non-hydrogen) atoms. The Morgan fingerprint density at radius 1 is 0.447 bits per heavy atom. The van der Waals surface area contributed by atoms with Crippen LogP contribution in [0, 0.1) is 19.3 Å². The Balaban J connectivity index is 1.23. The van der Waals surface area contributed by atoms with Crippen LogP contribution in [-0.2, 0) is 16.2 Å². The molecule has 2 aliphatic heterocycles. The Kier molecular flexibility index (Phi) is 11.5. The van der Waals surface area contributed by atoms with E-state index in [1.165, 1.54) is 122 Å². The molecule has 380 valence electrons. The van der Waals surface area contributed by atoms with Gasteiger partial charge in [0, 0.05) is 50.7 Å². The molecule has 0 radical (unpaired) electrons. The molecule has 1 atom stereocenters. The fourth-order valence-corrected chi connectivity index (χ4v) is 12.6. The zero-order valence-electron chi connectivity index (χ0n) is 47.4. The van der Waals surface area contributed by atoms with E-state index < -0.39 is 0 Å². The highest BCUT2D eigenvalue weighted by molar-refractivity contribution is 7.00. The number of hydrogen-bond donors (Lipinski definition) is 0. The first kappa shape index (κ1) is 49.6. The Morgan fingerprint density at radius 2 is 0.934 bits per heavy atom. The first-order chi connectivity index (χ1) is 36.0. The number of aromatic nitrogens is 1. The van der Waals surface area contributed by atoms with Crippen LogP contribution >= 0.6 is 0 Å². The van der Waals surface area contributed by atoms with Crippen molar-refractivity contribution in [1.82, 2.24) is 4.57 Å². The summed E-state index contributed by atoms with van der Waals surface area (Å²) in [5.74, 6) is 0.207. The van der Waals surface area contributed by atoms with E-state index in [4.69, 9.17) is 0 Å². The minimum atomic E-state index is -0.0738. The third kappa shape index (κ3) is 8.26. The quantitative estimate of drug-likeness (QED) is 0.159. The molecular weight excluding hydrogens is 918 g/mol. The smallest absolute Gasteiger partial charge is 0.252 e. The molecule has 0 N–H and O–H groups in total. The summed E-state index contributed by atoms with van der Waals surface area (Å²) in [5.41, 5.74) is 26.5. The van der Waals surface area contributed by atoms with E-state index in [9.17, 15) is 0 Å². The number of fused-ring (bicyclic) bond motifs is 7. The van der Waals surface area contributed by atoms with Crippen LogP contribution in [0.2, 0.25) is 0 Å². The van der Waals surface area contributed by atoms with Crippen LogP contribution in [-0.4, -0.2) is 11.3 Å². The normalized spacial score (nSPS) is 15.5. The minimum Gasteiger partial charge on any atom is -0.311 e. The molecule has 1 aromatic heterocycles. The summed E-state index contributed by atoms with van der Waals surface area (Å²) in [6.07, 6.45) is 8.33. The molecule has 9 aromatic rings. The molecule has 0 saturated heterocycles. The summed E-state index contributed by atoms with van der Waals surface area (Å²) < 4.78 is 2.53. The molecule has 0 fully saturated rings. The minimum absolute atomic E-state index is 0.0392. The van der Waals surface area contributed by atoms with Gasteiger partial charge in [0.2, 0.25) is 0 Å². The van der Waals surface area contributed by atoms with Crippen molar-refractivity contribution in [3.8, 4) is 16.8 Å². The lowest BCUT2D eigenvalue weighted by Gasteiger charge is -2.46. The van der Waals surface area contributed by atoms with Gasteiger partial charge in [-0.05, 0) is 146 Å². The Hall–Kier alpha value is -7.30. The van der Waals surface area contributed by atoms with Gasteiger partial charge in [-0.1, -0.05) is 216 Å². The number of rotatable bonds is 5. The predicted molar refractivity (Wildman–Crippen MR) is 330 cm³/mol. The van der Waals surface area contributed by atoms with Crippen LogP contribution < -0.4 is 26.2 Å². The lowest BCUT2D eigenvalue weighted by atomic mass is 9.33. The van der Waals surface area contributed by atoms with Gasteiger partial charge in [-0.25, -0.2) is 0 Å². The van der Waals surface area contributed by atoms with E-state index in [-0.39, 0.29) is 34.3 Å². The van der Waals surface area contributed by atoms with Gasteiger partial charge in [-0.2, -0.15) is 0 Å². The summed E-state index contributed by atoms with van der Waals surface area (Å²) in [6.45, 7) is 32.5. The van der Waals surface area contributed by atoms with Crippen LogP contribution in [0.3, 0.4) is 0 Å². The van der Waals surface area contributed by atoms with Gasteiger partial charge < -0.3 is 14.4 Å². The molecular formula is C72H74BN3. The molecule has 0 spiro atoms. The van der Waals surface area contributed by atoms with Crippen LogP contribution in [0.15, 0.2) is 182 Å². The van der Waals surface area contributed by atoms with Crippen molar-refractivity contribution < 1.29 is 0 Å². The fourth-order valence-electron chi connectivity index (χ4n) is 12.6. The van der Waals surface area contributed by atoms with Crippen LogP contribution in [0.4, 0.5) is 34.1 Å². The summed E-state index contributed by atoms with van der Waals surface area (Å²) in [4.78, 5) is 5.33. The summed E-state index contributed by atoms with van der Waals surface area (Å²) in [5, 5.41) is 2.51. The third-order valence-electron chi connectivity index (χ3n) is 16.9. The molecule has 1 aliphatic carbocycles. The number of hydrogen-bond acceptors (Lipinski definition) is 2. The lowest BCUT2D eigenvalue weighted by molar-refractivity contribution is 0.510. The standard InChI is InChI=1S/C72H74BN3/c1-45-23-35-62(56(39-45)47-25-29-49(30-26-47)69(3,4)5)75-64-37-33-51(71(9,10)11)41-58(64)73-59-42-52(72(12,13)14)34-38-65(59)76(63-36-24-46(2)40-57(63)48-27-31-50(32-28-48)70(6,7)8)67-44-53(43-66(75)68(67)73)74-60-21-17-15-19-54(60)55-20-16-18-22-61(55)74/h15-27,29-44,48H,28H2,1-14H3. The van der Waals surface area contributed by atoms with E-state index in [0.29, 0.717) is 0 Å². The highest BCUT2D eigenvalue weighted by Gasteiger charge is 2.45. The molecule has 3 aliphatic rings. The summed E-state index contributed by atoms with van der Waals surface area (Å²) in [7, 11) is 0. The molecule has 4 heteroatoms. The number of allylic oxidation sites excluding steroid dienone is 4. The van der Waals surface area contributed by atoms with Crippen molar-refractivity contribution in [3.63, 3.8) is 0 Å². The van der Waals surface area contributed by atoms with E-state index >= 15 is 0 Å². The van der Waals surface area contributed by atoms with Gasteiger partial charge in [0.25, 0.3) is 6.71 Å². The molecule has 3 nitrogen and oxygen atoms in total. The molecule has 0 amide bonds. The second-order valence-electron chi connectivity index (χ2n) is 26.4. The van der Waals surface area contributed by atoms with E-state index in [0.717, 1.165) is 12.1 Å². The molecule has 0 saturated carbocycles. The largest absolute Gasteiger partial charge is 0.311 e. The number of para-hydroxylation sites is 2. The molecule has 3 heterocycles. The number of nitrogens with zero attached hydrogens (tertiary/aromatic N) is 3. The second kappa shape index (κ2) is 17.6. The Bertz CT molecular complexity index is 3820. The molecule has 0 bridgehead atoms. The SMILES string of the molecule is Cc1ccc(N2c3ccc(C(C)(C)C)cc3B3c4cc(C(C)(C)C)ccc4N(c4ccc(C)cc4C4C=CC(C(C)(C)C)=CC4)c4cc(-n5c6ccccc6c6ccccc65)cc2c43)c(-c2ccc(C(C)(C)C)cc2)c1. The van der Waals surface area contributed by atoms with E-state index in [1.807, 2.05) is 0 Å². The van der Waals surface area contributed by atoms with Crippen molar-refractivity contribution in [3.05, 3.63) is 215 Å². The third-order valence-corrected chi connectivity index (χ3v) is 16.9. The highest BCUT2D eigenvalue weighted by Crippen LogP contribution is 2.51. The van der Waals surface area contributed by atoms with Crippen molar-refractivity contribution >= 4 is 79.0 Å². The average molecular weight is 992 g/mol. The van der Waals surface area contributed by atoms with Gasteiger partial charge in [0.1, 0.15) is 0 Å². The van der Waals surface area contributed by atoms with E-state index in [2.05, 4.69) is 287 Å². The second-order valence-corrected chi connectivity index (χ2v) is 26.4. The van der Waals surface area contributed by atoms with Crippen molar-refractivity contribution in [2.75, 3.05) is 9.80 Å². The Morgan fingerprint density at radius 3 is 1.45 bits per heavy atom. The maximum absolute atomic E-state index is 2.68. The maximum atomic E-state index is 2.68. The van der Waals surface area contributed by atoms with Gasteiger partial charge in [-0.15, -0.1) is 0 Å². The van der Waals surface area contributed by atoms with Gasteiger partial charge in [-0.3, -0.25) is 0 Å². The maximum Gasteiger partial charge on any atom is 0.252 e. The van der Waals surface area contributed by atoms with Crippen molar-refractivity contribution in [1.29, 1.82) is 0 Å². The molecule has 12 rings (SSSR count). The average Bonchev–Trinajstić information content (AvgIpc) is 3.86. The number of anilines is 6. The molecule has 1 unspecified atom stereocenters. The number of benzene rings is 8. The monoisotopic (exact) mass is 992 g/mol. The first-order valence-corrected chi connectivity index (χ1v) is 27.8. The predicted octanol–water partition coefficient (Wildman–Crippen LogP) is 18.1. The van der Waals surface area contributed by atoms with Crippen molar-refractivity contribution in [2.24, 2.45) is 5.41 Å². The van der Waals surface area contributed by atoms with Gasteiger partial charge in [0.05, 0.1) is 22.4 Å². The topological polar surface area (TPSA) is 11.4 Å². The Labute approximate surface area is 453 Å². The van der Waals surface area contributed by atoms with E-state index in [1.54, 1.807) is 0 Å². The van der Waals surface area contributed by atoms with Gasteiger partial charge in [0.15, 0.2) is 0 Å². The lowest BCUT2D eigenvalue weighted by Crippen LogP contribution is -2.61. The zero-order valence-corrected chi connectivity index (χ0v) is 47.4. The summed E-state index contributed by atoms with van der Waals surface area (Å²) >= 11 is 0. The molecule has 8 aromatic carbocycles. The number of aryl methyl sites for hydroxylation is 2. The zero-order chi connectivity index (χ0) is 53.4. The first-order valence-electron chi connectivity index (χ1n) is 27.8. The van der Waals surface area contributed by atoms with Crippen molar-refractivity contribution in [2.45, 2.75) is 126 Å².